The molecule has 108 valence electrons. The summed E-state index contributed by atoms with van der Waals surface area (Å²) < 4.78 is 0. The Balaban J connectivity index is 2.27. The van der Waals surface area contributed by atoms with E-state index in [0.29, 0.717) is 16.1 Å². The molecule has 0 saturated heterocycles. The van der Waals surface area contributed by atoms with Crippen molar-refractivity contribution in [3.63, 3.8) is 0 Å². The maximum Gasteiger partial charge on any atom is 0.0507 e. The molecular weight excluding hydrogens is 309 g/mol. The number of nitrogens with one attached hydrogen (secondary N) is 1. The predicted molar refractivity (Wildman–Crippen MR) is 91.1 cm³/mol. The quantitative estimate of drug-likeness (QED) is 0.668. The maximum absolute atomic E-state index is 6.28. The van der Waals surface area contributed by atoms with E-state index in [4.69, 9.17) is 23.2 Å². The lowest BCUT2D eigenvalue weighted by atomic mass is 10.1. The van der Waals surface area contributed by atoms with Gasteiger partial charge in [0, 0.05) is 26.4 Å². The number of hydrogen-bond donors (Lipinski definition) is 1. The summed E-state index contributed by atoms with van der Waals surface area (Å²) >= 11 is 14.0. The number of rotatable bonds is 6. The molecule has 0 bridgehead atoms. The second-order valence-corrected chi connectivity index (χ2v) is 6.68. The molecular formula is C16H19Cl2NS. The van der Waals surface area contributed by atoms with Crippen LogP contribution in [0.1, 0.15) is 37.6 Å². The topological polar surface area (TPSA) is 12.0 Å². The molecule has 0 saturated carbocycles. The van der Waals surface area contributed by atoms with Gasteiger partial charge in [-0.05, 0) is 37.2 Å². The molecule has 2 aromatic rings. The highest BCUT2D eigenvalue weighted by Crippen LogP contribution is 2.37. The van der Waals surface area contributed by atoms with Crippen molar-refractivity contribution < 1.29 is 0 Å². The number of benzene rings is 1. The van der Waals surface area contributed by atoms with Gasteiger partial charge >= 0.3 is 0 Å². The molecule has 1 N–H and O–H groups in total. The molecule has 1 aromatic carbocycles. The Labute approximate surface area is 134 Å². The zero-order valence-electron chi connectivity index (χ0n) is 11.7. The van der Waals surface area contributed by atoms with Gasteiger partial charge in [0.05, 0.1) is 5.02 Å². The fourth-order valence-electron chi connectivity index (χ4n) is 2.25. The van der Waals surface area contributed by atoms with E-state index in [2.05, 4.69) is 31.3 Å². The summed E-state index contributed by atoms with van der Waals surface area (Å²) in [6.07, 6.45) is 2.33. The highest BCUT2D eigenvalue weighted by atomic mass is 35.5. The minimum atomic E-state index is 0.440. The maximum atomic E-state index is 6.28. The van der Waals surface area contributed by atoms with Crippen LogP contribution in [0.15, 0.2) is 30.3 Å². The minimum Gasteiger partial charge on any atom is -0.310 e. The lowest BCUT2D eigenvalue weighted by Gasteiger charge is -2.15. The average molecular weight is 328 g/mol. The third kappa shape index (κ3) is 3.76. The molecule has 1 nitrogen and oxygen atoms in total. The van der Waals surface area contributed by atoms with Crippen molar-refractivity contribution in [2.45, 2.75) is 32.7 Å². The van der Waals surface area contributed by atoms with Crippen LogP contribution in [0.3, 0.4) is 0 Å². The Morgan fingerprint density at radius 2 is 1.95 bits per heavy atom. The van der Waals surface area contributed by atoms with E-state index in [-0.39, 0.29) is 0 Å². The summed E-state index contributed by atoms with van der Waals surface area (Å²) in [6.45, 7) is 5.35. The summed E-state index contributed by atoms with van der Waals surface area (Å²) in [5.41, 5.74) is 1.05. The summed E-state index contributed by atoms with van der Waals surface area (Å²) in [4.78, 5) is 2.57. The summed E-state index contributed by atoms with van der Waals surface area (Å²) in [5.74, 6) is 0. The molecule has 2 rings (SSSR count). The van der Waals surface area contributed by atoms with Crippen LogP contribution in [0.5, 0.6) is 0 Å². The van der Waals surface area contributed by atoms with Crippen LogP contribution in [0.25, 0.3) is 10.4 Å². The lowest BCUT2D eigenvalue weighted by molar-refractivity contribution is 0.516. The van der Waals surface area contributed by atoms with Crippen molar-refractivity contribution in [1.29, 1.82) is 0 Å². The molecule has 0 aliphatic rings. The third-order valence-corrected chi connectivity index (χ3v) is 4.97. The minimum absolute atomic E-state index is 0.440. The molecule has 0 amide bonds. The van der Waals surface area contributed by atoms with E-state index in [1.807, 2.05) is 12.1 Å². The molecule has 1 unspecified atom stereocenters. The number of thiophene rings is 1. The molecule has 0 radical (unpaired) electrons. The first-order chi connectivity index (χ1) is 9.65. The van der Waals surface area contributed by atoms with Gasteiger partial charge in [0.2, 0.25) is 0 Å². The molecule has 20 heavy (non-hydrogen) atoms. The normalized spacial score (nSPS) is 12.6. The van der Waals surface area contributed by atoms with E-state index in [9.17, 15) is 0 Å². The Bertz CT molecular complexity index is 559. The van der Waals surface area contributed by atoms with Crippen LogP contribution >= 0.6 is 34.5 Å². The van der Waals surface area contributed by atoms with Gasteiger partial charge < -0.3 is 5.32 Å². The van der Waals surface area contributed by atoms with E-state index < -0.39 is 0 Å². The van der Waals surface area contributed by atoms with Crippen LogP contribution in [0.2, 0.25) is 10.0 Å². The largest absolute Gasteiger partial charge is 0.310 e. The van der Waals surface area contributed by atoms with E-state index in [1.54, 1.807) is 17.4 Å². The van der Waals surface area contributed by atoms with E-state index in [1.165, 1.54) is 16.2 Å². The second-order valence-electron chi connectivity index (χ2n) is 4.73. The Kier molecular flexibility index (Phi) is 5.91. The predicted octanol–water partition coefficient (Wildman–Crippen LogP) is 6.17. The molecule has 0 aliphatic heterocycles. The molecule has 0 spiro atoms. The molecule has 1 atom stereocenters. The third-order valence-electron chi connectivity index (χ3n) is 3.19. The van der Waals surface area contributed by atoms with Gasteiger partial charge in [0.1, 0.15) is 0 Å². The first-order valence-electron chi connectivity index (χ1n) is 6.94. The van der Waals surface area contributed by atoms with Gasteiger partial charge in [-0.15, -0.1) is 11.3 Å². The van der Waals surface area contributed by atoms with Gasteiger partial charge in [0.25, 0.3) is 0 Å². The van der Waals surface area contributed by atoms with Gasteiger partial charge in [-0.3, -0.25) is 0 Å². The van der Waals surface area contributed by atoms with Gasteiger partial charge in [-0.25, -0.2) is 0 Å². The van der Waals surface area contributed by atoms with Crippen molar-refractivity contribution >= 4 is 34.5 Å². The Hall–Kier alpha value is -0.540. The average Bonchev–Trinajstić information content (AvgIpc) is 2.88. The van der Waals surface area contributed by atoms with Crippen molar-refractivity contribution in [3.05, 3.63) is 45.3 Å². The van der Waals surface area contributed by atoms with Crippen LogP contribution in [-0.2, 0) is 0 Å². The SMILES string of the molecule is CCCC(NCC)c1ccc(-c2ccc(Cl)cc2Cl)s1. The van der Waals surface area contributed by atoms with Gasteiger partial charge in [-0.1, -0.05) is 49.5 Å². The fourth-order valence-corrected chi connectivity index (χ4v) is 3.98. The first kappa shape index (κ1) is 15.8. The molecule has 0 aliphatic carbocycles. The van der Waals surface area contributed by atoms with Crippen molar-refractivity contribution in [2.75, 3.05) is 6.54 Å². The second kappa shape index (κ2) is 7.46. The monoisotopic (exact) mass is 327 g/mol. The molecule has 1 heterocycles. The van der Waals surface area contributed by atoms with Crippen LogP contribution < -0.4 is 5.32 Å². The smallest absolute Gasteiger partial charge is 0.0507 e. The number of hydrogen-bond acceptors (Lipinski definition) is 2. The standard InChI is InChI=1S/C16H19Cl2NS/c1-3-5-14(19-4-2)16-9-8-15(20-16)12-7-6-11(17)10-13(12)18/h6-10,14,19H,3-5H2,1-2H3. The molecule has 4 heteroatoms. The number of halogens is 2. The van der Waals surface area contributed by atoms with Crippen molar-refractivity contribution in [1.82, 2.24) is 5.32 Å². The fraction of sp³-hybridized carbons (Fsp3) is 0.375. The van der Waals surface area contributed by atoms with E-state index in [0.717, 1.165) is 18.5 Å². The Morgan fingerprint density at radius 3 is 2.60 bits per heavy atom. The van der Waals surface area contributed by atoms with E-state index >= 15 is 0 Å². The first-order valence-corrected chi connectivity index (χ1v) is 8.51. The van der Waals surface area contributed by atoms with Crippen LogP contribution in [0, 0.1) is 0 Å². The Morgan fingerprint density at radius 1 is 1.15 bits per heavy atom. The highest BCUT2D eigenvalue weighted by molar-refractivity contribution is 7.15. The highest BCUT2D eigenvalue weighted by Gasteiger charge is 2.14. The molecule has 0 fully saturated rings. The summed E-state index contributed by atoms with van der Waals surface area (Å²) in [6, 6.07) is 10.5. The summed E-state index contributed by atoms with van der Waals surface area (Å²) in [5, 5.41) is 4.93. The summed E-state index contributed by atoms with van der Waals surface area (Å²) in [7, 11) is 0. The van der Waals surface area contributed by atoms with Gasteiger partial charge in [-0.2, -0.15) is 0 Å². The van der Waals surface area contributed by atoms with Crippen LogP contribution in [0.4, 0.5) is 0 Å². The zero-order chi connectivity index (χ0) is 14.5. The zero-order valence-corrected chi connectivity index (χ0v) is 14.1. The van der Waals surface area contributed by atoms with Crippen LogP contribution in [-0.4, -0.2) is 6.54 Å². The lowest BCUT2D eigenvalue weighted by Crippen LogP contribution is -2.19. The molecule has 1 aromatic heterocycles. The van der Waals surface area contributed by atoms with Crippen molar-refractivity contribution in [2.24, 2.45) is 0 Å². The van der Waals surface area contributed by atoms with Crippen molar-refractivity contribution in [3.8, 4) is 10.4 Å². The van der Waals surface area contributed by atoms with Gasteiger partial charge in [0.15, 0.2) is 0 Å².